The second kappa shape index (κ2) is 12.7. The van der Waals surface area contributed by atoms with Crippen LogP contribution >= 0.6 is 11.5 Å². The van der Waals surface area contributed by atoms with Crippen molar-refractivity contribution in [2.75, 3.05) is 24.9 Å². The lowest BCUT2D eigenvalue weighted by Crippen LogP contribution is -2.46. The quantitative estimate of drug-likeness (QED) is 0.233. The van der Waals surface area contributed by atoms with E-state index in [0.29, 0.717) is 28.4 Å². The minimum absolute atomic E-state index is 0.0742. The third kappa shape index (κ3) is 5.97. The molecule has 1 aliphatic carbocycles. The average molecular weight is 585 g/mol. The monoisotopic (exact) mass is 584 g/mol. The molecule has 1 heterocycles. The van der Waals surface area contributed by atoms with E-state index < -0.39 is 11.9 Å². The van der Waals surface area contributed by atoms with E-state index in [1.165, 1.54) is 0 Å². The standard InChI is InChI=1S/C33H36N4O4S/c1-20-9-14-25(19-21(20)2)37(33(39)31-28(34)29(36-42-31)22-10-15-26(40-3)16-11-22)30(23-12-17-27(41-4)18-13-23)32(38)35-24-7-5-6-8-24/h9-19,24,30H,5-8,34H2,1-4H3,(H,35,38). The third-order valence-corrected chi connectivity index (χ3v) is 8.76. The Bertz CT molecular complexity index is 1560. The van der Waals surface area contributed by atoms with E-state index in [-0.39, 0.29) is 22.5 Å². The number of nitrogens with one attached hydrogen (secondary N) is 1. The maximum Gasteiger partial charge on any atom is 0.273 e. The van der Waals surface area contributed by atoms with Crippen molar-refractivity contribution in [3.8, 4) is 22.8 Å². The summed E-state index contributed by atoms with van der Waals surface area (Å²) in [5.74, 6) is 0.737. The van der Waals surface area contributed by atoms with Crippen molar-refractivity contribution in [2.24, 2.45) is 0 Å². The maximum absolute atomic E-state index is 14.6. The van der Waals surface area contributed by atoms with Crippen molar-refractivity contribution in [1.82, 2.24) is 9.69 Å². The van der Waals surface area contributed by atoms with Crippen LogP contribution in [0.15, 0.2) is 66.7 Å². The topological polar surface area (TPSA) is 107 Å². The van der Waals surface area contributed by atoms with Crippen molar-refractivity contribution in [1.29, 1.82) is 0 Å². The lowest BCUT2D eigenvalue weighted by atomic mass is 10.0. The van der Waals surface area contributed by atoms with Crippen LogP contribution in [0, 0.1) is 13.8 Å². The Morgan fingerprint density at radius 3 is 2.14 bits per heavy atom. The number of amides is 2. The smallest absolute Gasteiger partial charge is 0.273 e. The van der Waals surface area contributed by atoms with Gasteiger partial charge >= 0.3 is 0 Å². The Morgan fingerprint density at radius 2 is 1.55 bits per heavy atom. The molecule has 9 heteroatoms. The highest BCUT2D eigenvalue weighted by Gasteiger charge is 2.37. The fraction of sp³-hybridized carbons (Fsp3) is 0.303. The summed E-state index contributed by atoms with van der Waals surface area (Å²) in [5, 5.41) is 3.23. The minimum Gasteiger partial charge on any atom is -0.497 e. The molecular weight excluding hydrogens is 548 g/mol. The molecule has 42 heavy (non-hydrogen) atoms. The molecule has 8 nitrogen and oxygen atoms in total. The molecule has 1 atom stereocenters. The molecule has 0 bridgehead atoms. The molecular formula is C33H36N4O4S. The van der Waals surface area contributed by atoms with Gasteiger partial charge in [-0.15, -0.1) is 0 Å². The van der Waals surface area contributed by atoms with Gasteiger partial charge in [0.2, 0.25) is 5.91 Å². The van der Waals surface area contributed by atoms with Crippen LogP contribution in [-0.4, -0.2) is 36.4 Å². The predicted molar refractivity (Wildman–Crippen MR) is 167 cm³/mol. The first-order valence-corrected chi connectivity index (χ1v) is 14.8. The zero-order valence-electron chi connectivity index (χ0n) is 24.3. The molecule has 1 saturated carbocycles. The van der Waals surface area contributed by atoms with Gasteiger partial charge in [0.15, 0.2) is 0 Å². The number of hydrogen-bond acceptors (Lipinski definition) is 7. The number of aromatic nitrogens is 1. The number of nitrogens with two attached hydrogens (primary N) is 1. The first-order valence-electron chi connectivity index (χ1n) is 14.1. The normalized spacial score (nSPS) is 13.9. The molecule has 0 radical (unpaired) electrons. The van der Waals surface area contributed by atoms with E-state index in [1.807, 2.05) is 68.4 Å². The number of carbonyl (C=O) groups is 2. The fourth-order valence-electron chi connectivity index (χ4n) is 5.33. The molecule has 2 amide bonds. The highest BCUT2D eigenvalue weighted by molar-refractivity contribution is 7.09. The zero-order chi connectivity index (χ0) is 29.8. The zero-order valence-corrected chi connectivity index (χ0v) is 25.2. The summed E-state index contributed by atoms with van der Waals surface area (Å²) in [4.78, 5) is 30.5. The van der Waals surface area contributed by atoms with E-state index in [9.17, 15) is 9.59 Å². The van der Waals surface area contributed by atoms with E-state index in [4.69, 9.17) is 15.2 Å². The molecule has 3 aromatic carbocycles. The summed E-state index contributed by atoms with van der Waals surface area (Å²) in [6.45, 7) is 4.01. The fourth-order valence-corrected chi connectivity index (χ4v) is 6.09. The predicted octanol–water partition coefficient (Wildman–Crippen LogP) is 6.47. The summed E-state index contributed by atoms with van der Waals surface area (Å²) < 4.78 is 15.2. The van der Waals surface area contributed by atoms with Gasteiger partial charge in [-0.2, -0.15) is 4.37 Å². The molecule has 4 aromatic rings. The van der Waals surface area contributed by atoms with Gasteiger partial charge < -0.3 is 20.5 Å². The maximum atomic E-state index is 14.6. The highest BCUT2D eigenvalue weighted by Crippen LogP contribution is 2.37. The number of aryl methyl sites for hydroxylation is 2. The van der Waals surface area contributed by atoms with Crippen molar-refractivity contribution in [2.45, 2.75) is 51.6 Å². The lowest BCUT2D eigenvalue weighted by Gasteiger charge is -2.32. The number of benzene rings is 3. The molecule has 3 N–H and O–H groups in total. The van der Waals surface area contributed by atoms with Crippen molar-refractivity contribution >= 4 is 34.7 Å². The van der Waals surface area contributed by atoms with E-state index in [2.05, 4.69) is 9.69 Å². The number of anilines is 2. The molecule has 218 valence electrons. The van der Waals surface area contributed by atoms with Crippen LogP contribution in [0.2, 0.25) is 0 Å². The minimum atomic E-state index is -0.947. The van der Waals surface area contributed by atoms with E-state index in [1.54, 1.807) is 31.3 Å². The van der Waals surface area contributed by atoms with Gasteiger partial charge in [-0.25, -0.2) is 0 Å². The van der Waals surface area contributed by atoms with Gasteiger partial charge in [0.25, 0.3) is 5.91 Å². The van der Waals surface area contributed by atoms with Crippen LogP contribution < -0.4 is 25.4 Å². The summed E-state index contributed by atoms with van der Waals surface area (Å²) >= 11 is 1.03. The largest absolute Gasteiger partial charge is 0.497 e. The molecule has 1 unspecified atom stereocenters. The molecule has 5 rings (SSSR count). The van der Waals surface area contributed by atoms with Crippen molar-refractivity contribution in [3.63, 3.8) is 0 Å². The molecule has 1 aromatic heterocycles. The Hall–Kier alpha value is -4.37. The molecule has 1 fully saturated rings. The van der Waals surface area contributed by atoms with Crippen molar-refractivity contribution < 1.29 is 19.1 Å². The van der Waals surface area contributed by atoms with Gasteiger partial charge in [-0.3, -0.25) is 14.5 Å². The number of hydrogen-bond donors (Lipinski definition) is 2. The van der Waals surface area contributed by atoms with E-state index in [0.717, 1.165) is 53.9 Å². The summed E-state index contributed by atoms with van der Waals surface area (Å²) in [6.07, 6.45) is 3.99. The SMILES string of the molecule is COc1ccc(-c2nsc(C(=O)N(c3ccc(C)c(C)c3)C(C(=O)NC3CCCC3)c3ccc(OC)cc3)c2N)cc1. The number of ether oxygens (including phenoxy) is 2. The van der Waals surface area contributed by atoms with Crippen LogP contribution in [0.25, 0.3) is 11.3 Å². The van der Waals surface area contributed by atoms with Crippen LogP contribution in [0.5, 0.6) is 11.5 Å². The molecule has 0 aliphatic heterocycles. The van der Waals surface area contributed by atoms with E-state index >= 15 is 0 Å². The van der Waals surface area contributed by atoms with Crippen molar-refractivity contribution in [3.05, 3.63) is 88.3 Å². The van der Waals surface area contributed by atoms with Gasteiger partial charge in [0, 0.05) is 17.3 Å². The molecule has 0 saturated heterocycles. The number of carbonyl (C=O) groups excluding carboxylic acids is 2. The van der Waals surface area contributed by atoms with Gasteiger partial charge in [0.1, 0.15) is 28.1 Å². The molecule has 1 aliphatic rings. The highest BCUT2D eigenvalue weighted by atomic mass is 32.1. The number of rotatable bonds is 9. The summed E-state index contributed by atoms with van der Waals surface area (Å²) in [7, 11) is 3.20. The number of methoxy groups -OCH3 is 2. The Morgan fingerprint density at radius 1 is 0.929 bits per heavy atom. The number of nitrogen functional groups attached to an aromatic ring is 1. The van der Waals surface area contributed by atoms with Crippen LogP contribution in [-0.2, 0) is 4.79 Å². The van der Waals surface area contributed by atoms with Gasteiger partial charge in [-0.05, 0) is 103 Å². The van der Waals surface area contributed by atoms with Gasteiger partial charge in [-0.1, -0.05) is 31.0 Å². The summed E-state index contributed by atoms with van der Waals surface area (Å²) in [5.41, 5.74) is 11.5. The van der Waals surface area contributed by atoms with Gasteiger partial charge in [0.05, 0.1) is 19.9 Å². The Balaban J connectivity index is 1.62. The lowest BCUT2D eigenvalue weighted by molar-refractivity contribution is -0.123. The number of nitrogens with zero attached hydrogens (tertiary/aromatic N) is 2. The van der Waals surface area contributed by atoms with Crippen LogP contribution in [0.4, 0.5) is 11.4 Å². The average Bonchev–Trinajstić information content (AvgIpc) is 3.66. The second-order valence-corrected chi connectivity index (χ2v) is 11.4. The van der Waals surface area contributed by atoms with Crippen LogP contribution in [0.1, 0.15) is 58.1 Å². The first kappa shape index (κ1) is 29.1. The second-order valence-electron chi connectivity index (χ2n) is 10.6. The third-order valence-electron chi connectivity index (χ3n) is 7.91. The Kier molecular flexibility index (Phi) is 8.77. The molecule has 0 spiro atoms. The van der Waals surface area contributed by atoms with Crippen LogP contribution in [0.3, 0.4) is 0 Å². The Labute approximate surface area is 250 Å². The summed E-state index contributed by atoms with van der Waals surface area (Å²) in [6, 6.07) is 19.5. The first-order chi connectivity index (χ1) is 20.3.